The molecule has 9 aromatic carbocycles. The topological polar surface area (TPSA) is 16.4 Å². The summed E-state index contributed by atoms with van der Waals surface area (Å²) in [5.41, 5.74) is 9.79. The molecule has 0 saturated carbocycles. The third-order valence-electron chi connectivity index (χ3n) is 10.1. The molecule has 1 heterocycles. The van der Waals surface area contributed by atoms with Crippen molar-refractivity contribution in [1.82, 2.24) is 0 Å². The van der Waals surface area contributed by atoms with Crippen LogP contribution >= 0.6 is 0 Å². The number of para-hydroxylation sites is 1. The number of rotatable bonds is 5. The molecule has 0 fully saturated rings. The molecule has 1 aromatic heterocycles. The second kappa shape index (κ2) is 11.5. The number of fused-ring (bicyclic) bond motifs is 8. The van der Waals surface area contributed by atoms with Gasteiger partial charge in [-0.1, -0.05) is 133 Å². The highest BCUT2D eigenvalue weighted by molar-refractivity contribution is 6.21. The predicted molar refractivity (Wildman–Crippen MR) is 212 cm³/mol. The van der Waals surface area contributed by atoms with E-state index >= 15 is 0 Å². The fourth-order valence-electron chi connectivity index (χ4n) is 7.62. The molecule has 0 spiro atoms. The van der Waals surface area contributed by atoms with Gasteiger partial charge in [-0.2, -0.15) is 0 Å². The lowest BCUT2D eigenvalue weighted by molar-refractivity contribution is 0.669. The maximum Gasteiger partial charge on any atom is 0.137 e. The molecular formula is C48H31NO. The number of hydrogen-bond donors (Lipinski definition) is 0. The van der Waals surface area contributed by atoms with Crippen LogP contribution in [0.5, 0.6) is 0 Å². The van der Waals surface area contributed by atoms with Gasteiger partial charge in [0.05, 0.1) is 0 Å². The molecule has 50 heavy (non-hydrogen) atoms. The van der Waals surface area contributed by atoms with Crippen LogP contribution in [-0.2, 0) is 0 Å². The van der Waals surface area contributed by atoms with Crippen LogP contribution < -0.4 is 4.90 Å². The molecule has 0 amide bonds. The van der Waals surface area contributed by atoms with Crippen molar-refractivity contribution in [2.24, 2.45) is 0 Å². The Kier molecular flexibility index (Phi) is 6.53. The Bertz CT molecular complexity index is 2850. The van der Waals surface area contributed by atoms with Crippen molar-refractivity contribution < 1.29 is 4.42 Å². The molecule has 0 aliphatic rings. The molecule has 2 nitrogen and oxygen atoms in total. The third kappa shape index (κ3) is 4.65. The van der Waals surface area contributed by atoms with Gasteiger partial charge >= 0.3 is 0 Å². The van der Waals surface area contributed by atoms with Crippen molar-refractivity contribution in [1.29, 1.82) is 0 Å². The van der Waals surface area contributed by atoms with E-state index in [1.54, 1.807) is 0 Å². The standard InChI is InChI=1S/C48H31NO/c1-2-10-32(11-3-1)33-18-23-36(24-19-33)49(38-27-29-44-43-16-8-9-17-47(43)50-48(44)30-38)37-25-20-35(21-26-37)45-31-46-39-13-5-4-12-34(39)22-28-42(46)40-14-6-7-15-41(40)45/h1-31H. The van der Waals surface area contributed by atoms with Gasteiger partial charge in [-0.25, -0.2) is 0 Å². The molecule has 10 rings (SSSR count). The van der Waals surface area contributed by atoms with Crippen LogP contribution in [0.25, 0.3) is 76.5 Å². The maximum atomic E-state index is 6.35. The number of hydrogen-bond acceptors (Lipinski definition) is 2. The van der Waals surface area contributed by atoms with Gasteiger partial charge < -0.3 is 9.32 Å². The van der Waals surface area contributed by atoms with E-state index < -0.39 is 0 Å². The summed E-state index contributed by atoms with van der Waals surface area (Å²) in [5, 5.41) is 9.88. The van der Waals surface area contributed by atoms with Crippen LogP contribution in [0.2, 0.25) is 0 Å². The monoisotopic (exact) mass is 637 g/mol. The average molecular weight is 638 g/mol. The third-order valence-corrected chi connectivity index (χ3v) is 10.1. The van der Waals surface area contributed by atoms with Gasteiger partial charge in [0.25, 0.3) is 0 Å². The minimum Gasteiger partial charge on any atom is -0.456 e. The van der Waals surface area contributed by atoms with Crippen LogP contribution in [0, 0.1) is 0 Å². The lowest BCUT2D eigenvalue weighted by Crippen LogP contribution is -2.09. The normalized spacial score (nSPS) is 11.6. The van der Waals surface area contributed by atoms with E-state index in [2.05, 4.69) is 181 Å². The van der Waals surface area contributed by atoms with Crippen molar-refractivity contribution >= 4 is 71.3 Å². The van der Waals surface area contributed by atoms with Crippen LogP contribution in [-0.4, -0.2) is 0 Å². The van der Waals surface area contributed by atoms with Gasteiger partial charge in [-0.3, -0.25) is 0 Å². The maximum absolute atomic E-state index is 6.35. The number of anilines is 3. The first-order chi connectivity index (χ1) is 24.8. The highest BCUT2D eigenvalue weighted by Crippen LogP contribution is 2.42. The van der Waals surface area contributed by atoms with Gasteiger partial charge in [-0.05, 0) is 103 Å². The van der Waals surface area contributed by atoms with Gasteiger partial charge in [0.15, 0.2) is 0 Å². The van der Waals surface area contributed by atoms with E-state index in [0.717, 1.165) is 39.0 Å². The predicted octanol–water partition coefficient (Wildman–Crippen LogP) is 13.8. The summed E-state index contributed by atoms with van der Waals surface area (Å²) >= 11 is 0. The average Bonchev–Trinajstić information content (AvgIpc) is 3.56. The number of nitrogens with zero attached hydrogens (tertiary/aromatic N) is 1. The summed E-state index contributed by atoms with van der Waals surface area (Å²) < 4.78 is 6.35. The first kappa shape index (κ1) is 28.4. The van der Waals surface area contributed by atoms with Gasteiger partial charge in [0.1, 0.15) is 11.2 Å². The van der Waals surface area contributed by atoms with Crippen molar-refractivity contribution in [2.75, 3.05) is 4.90 Å². The highest BCUT2D eigenvalue weighted by Gasteiger charge is 2.17. The van der Waals surface area contributed by atoms with Gasteiger partial charge in [0, 0.05) is 33.9 Å². The largest absolute Gasteiger partial charge is 0.456 e. The van der Waals surface area contributed by atoms with E-state index in [4.69, 9.17) is 4.42 Å². The fourth-order valence-corrected chi connectivity index (χ4v) is 7.62. The number of benzene rings is 9. The zero-order valence-corrected chi connectivity index (χ0v) is 27.3. The smallest absolute Gasteiger partial charge is 0.137 e. The van der Waals surface area contributed by atoms with E-state index in [1.807, 2.05) is 12.1 Å². The minimum absolute atomic E-state index is 0.876. The van der Waals surface area contributed by atoms with Crippen LogP contribution in [0.1, 0.15) is 0 Å². The summed E-state index contributed by atoms with van der Waals surface area (Å²) in [6.07, 6.45) is 0. The fraction of sp³-hybridized carbons (Fsp3) is 0. The van der Waals surface area contributed by atoms with Crippen molar-refractivity contribution in [3.05, 3.63) is 188 Å². The van der Waals surface area contributed by atoms with Crippen LogP contribution in [0.4, 0.5) is 17.1 Å². The summed E-state index contributed by atoms with van der Waals surface area (Å²) in [5.74, 6) is 0. The van der Waals surface area contributed by atoms with E-state index in [1.165, 1.54) is 54.6 Å². The molecule has 0 bridgehead atoms. The SMILES string of the molecule is c1ccc(-c2ccc(N(c3ccc(-c4cc5c6ccccc6ccc5c5ccccc45)cc3)c3ccc4c(c3)oc3ccccc34)cc2)cc1. The molecule has 0 unspecified atom stereocenters. The Balaban J connectivity index is 1.12. The first-order valence-corrected chi connectivity index (χ1v) is 17.1. The summed E-state index contributed by atoms with van der Waals surface area (Å²) in [7, 11) is 0. The molecular weight excluding hydrogens is 607 g/mol. The van der Waals surface area contributed by atoms with Crippen LogP contribution in [0.3, 0.4) is 0 Å². The highest BCUT2D eigenvalue weighted by atomic mass is 16.3. The zero-order chi connectivity index (χ0) is 33.0. The lowest BCUT2D eigenvalue weighted by atomic mass is 9.91. The molecule has 2 heteroatoms. The van der Waals surface area contributed by atoms with Crippen molar-refractivity contribution in [3.63, 3.8) is 0 Å². The Morgan fingerprint density at radius 1 is 0.300 bits per heavy atom. The molecule has 0 atom stereocenters. The zero-order valence-electron chi connectivity index (χ0n) is 27.3. The van der Waals surface area contributed by atoms with Crippen molar-refractivity contribution in [3.8, 4) is 22.3 Å². The second-order valence-electron chi connectivity index (χ2n) is 12.9. The van der Waals surface area contributed by atoms with Gasteiger partial charge in [-0.15, -0.1) is 0 Å². The Hall–Kier alpha value is -6.64. The molecule has 0 radical (unpaired) electrons. The lowest BCUT2D eigenvalue weighted by Gasteiger charge is -2.26. The Labute approximate surface area is 290 Å². The minimum atomic E-state index is 0.876. The Morgan fingerprint density at radius 3 is 1.62 bits per heavy atom. The summed E-state index contributed by atoms with van der Waals surface area (Å²) in [6.45, 7) is 0. The summed E-state index contributed by atoms with van der Waals surface area (Å²) in [4.78, 5) is 2.32. The van der Waals surface area contributed by atoms with Crippen molar-refractivity contribution in [2.45, 2.75) is 0 Å². The molecule has 0 saturated heterocycles. The quantitative estimate of drug-likeness (QED) is 0.175. The molecule has 0 aliphatic heterocycles. The second-order valence-corrected chi connectivity index (χ2v) is 12.9. The Morgan fingerprint density at radius 2 is 0.840 bits per heavy atom. The number of furan rings is 1. The van der Waals surface area contributed by atoms with E-state index in [0.29, 0.717) is 0 Å². The molecule has 0 aliphatic carbocycles. The molecule has 0 N–H and O–H groups in total. The van der Waals surface area contributed by atoms with Gasteiger partial charge in [0.2, 0.25) is 0 Å². The molecule has 234 valence electrons. The molecule has 10 aromatic rings. The first-order valence-electron chi connectivity index (χ1n) is 17.1. The van der Waals surface area contributed by atoms with Crippen LogP contribution in [0.15, 0.2) is 192 Å². The van der Waals surface area contributed by atoms with E-state index in [-0.39, 0.29) is 0 Å². The van der Waals surface area contributed by atoms with E-state index in [9.17, 15) is 0 Å². The summed E-state index contributed by atoms with van der Waals surface area (Å²) in [6, 6.07) is 67.5.